The number of nitrogens with one attached hydrogen (secondary N) is 1. The quantitative estimate of drug-likeness (QED) is 0.930. The van der Waals surface area contributed by atoms with Crippen LogP contribution in [-0.4, -0.2) is 26.9 Å². The van der Waals surface area contributed by atoms with E-state index < -0.39 is 0 Å². The number of halogens is 1. The summed E-state index contributed by atoms with van der Waals surface area (Å²) < 4.78 is 12.4. The molecular weight excluding hydrogens is 294 g/mol. The predicted molar refractivity (Wildman–Crippen MR) is 76.4 cm³/mol. The van der Waals surface area contributed by atoms with Crippen LogP contribution in [0.1, 0.15) is 29.7 Å². The third kappa shape index (κ3) is 2.56. The fourth-order valence-electron chi connectivity index (χ4n) is 2.49. The third-order valence-electron chi connectivity index (χ3n) is 3.35. The molecule has 3 nitrogen and oxygen atoms in total. The van der Waals surface area contributed by atoms with Crippen LogP contribution in [-0.2, 0) is 11.2 Å². The minimum atomic E-state index is 0.232. The molecular formula is C14H20BrNO2. The van der Waals surface area contributed by atoms with Gasteiger partial charge in [-0.1, -0.05) is 22.9 Å². The van der Waals surface area contributed by atoms with Crippen molar-refractivity contribution in [1.29, 1.82) is 0 Å². The molecule has 18 heavy (non-hydrogen) atoms. The van der Waals surface area contributed by atoms with Crippen LogP contribution in [0.3, 0.4) is 0 Å². The highest BCUT2D eigenvalue weighted by atomic mass is 79.9. The maximum absolute atomic E-state index is 5.70. The maximum atomic E-state index is 5.70. The number of fused-ring (bicyclic) bond motifs is 1. The smallest absolute Gasteiger partial charge is 0.122 e. The van der Waals surface area contributed by atoms with Crippen LogP contribution in [0.2, 0.25) is 0 Å². The molecule has 4 heteroatoms. The second kappa shape index (κ2) is 6.04. The zero-order valence-electron chi connectivity index (χ0n) is 11.2. The Morgan fingerprint density at radius 2 is 2.33 bits per heavy atom. The molecule has 1 aromatic rings. The molecule has 2 rings (SSSR count). The largest absolute Gasteiger partial charge is 0.496 e. The molecule has 0 radical (unpaired) electrons. The molecule has 0 spiro atoms. The number of hydrogen-bond acceptors (Lipinski definition) is 3. The standard InChI is InChI=1S/C14H20BrNO2/c1-4-16-11-8-18-6-5-10-12(17-3)7-9(2)14(15)13(10)11/h7,11,16H,4-6,8H2,1-3H3. The minimum Gasteiger partial charge on any atom is -0.496 e. The van der Waals surface area contributed by atoms with Gasteiger partial charge in [0.2, 0.25) is 0 Å². The van der Waals surface area contributed by atoms with Gasteiger partial charge >= 0.3 is 0 Å². The van der Waals surface area contributed by atoms with Crippen molar-refractivity contribution in [2.45, 2.75) is 26.3 Å². The van der Waals surface area contributed by atoms with Gasteiger partial charge in [0.15, 0.2) is 0 Å². The summed E-state index contributed by atoms with van der Waals surface area (Å²) in [6.45, 7) is 6.61. The average Bonchev–Trinajstić information content (AvgIpc) is 2.57. The number of hydrogen-bond donors (Lipinski definition) is 1. The number of rotatable bonds is 3. The van der Waals surface area contributed by atoms with Gasteiger partial charge in [-0.25, -0.2) is 0 Å². The van der Waals surface area contributed by atoms with Crippen molar-refractivity contribution in [3.05, 3.63) is 27.2 Å². The summed E-state index contributed by atoms with van der Waals surface area (Å²) in [7, 11) is 1.73. The van der Waals surface area contributed by atoms with Crippen LogP contribution in [0.4, 0.5) is 0 Å². The Hall–Kier alpha value is -0.580. The molecule has 1 aromatic carbocycles. The molecule has 0 amide bonds. The van der Waals surface area contributed by atoms with Crippen LogP contribution in [0, 0.1) is 6.92 Å². The summed E-state index contributed by atoms with van der Waals surface area (Å²) in [6, 6.07) is 2.33. The number of likely N-dealkylation sites (N-methyl/N-ethyl adjacent to an activating group) is 1. The van der Waals surface area contributed by atoms with Gasteiger partial charge in [-0.15, -0.1) is 0 Å². The molecule has 100 valence electrons. The zero-order valence-corrected chi connectivity index (χ0v) is 12.8. The Morgan fingerprint density at radius 3 is 3.00 bits per heavy atom. The molecule has 1 aliphatic rings. The Bertz CT molecular complexity index is 434. The van der Waals surface area contributed by atoms with Gasteiger partial charge in [0.05, 0.1) is 26.4 Å². The van der Waals surface area contributed by atoms with E-state index in [0.29, 0.717) is 6.61 Å². The van der Waals surface area contributed by atoms with E-state index in [1.54, 1.807) is 7.11 Å². The van der Waals surface area contributed by atoms with Gasteiger partial charge in [0.1, 0.15) is 5.75 Å². The molecule has 0 aliphatic carbocycles. The minimum absolute atomic E-state index is 0.232. The lowest BCUT2D eigenvalue weighted by Gasteiger charge is -2.22. The Kier molecular flexibility index (Phi) is 4.65. The summed E-state index contributed by atoms with van der Waals surface area (Å²) in [5, 5.41) is 3.49. The Morgan fingerprint density at radius 1 is 1.56 bits per heavy atom. The molecule has 0 saturated heterocycles. The van der Waals surface area contributed by atoms with Gasteiger partial charge in [0, 0.05) is 10.0 Å². The highest BCUT2D eigenvalue weighted by Crippen LogP contribution is 2.38. The average molecular weight is 314 g/mol. The molecule has 0 fully saturated rings. The summed E-state index contributed by atoms with van der Waals surface area (Å²) in [5.41, 5.74) is 3.76. The molecule has 1 heterocycles. The van der Waals surface area contributed by atoms with Crippen molar-refractivity contribution in [3.8, 4) is 5.75 Å². The van der Waals surface area contributed by atoms with E-state index in [-0.39, 0.29) is 6.04 Å². The lowest BCUT2D eigenvalue weighted by atomic mass is 9.96. The summed E-state index contributed by atoms with van der Waals surface area (Å²) in [4.78, 5) is 0. The number of ether oxygens (including phenoxy) is 2. The van der Waals surface area contributed by atoms with E-state index in [9.17, 15) is 0 Å². The second-order valence-electron chi connectivity index (χ2n) is 4.54. The second-order valence-corrected chi connectivity index (χ2v) is 5.33. The first-order valence-electron chi connectivity index (χ1n) is 6.36. The van der Waals surface area contributed by atoms with E-state index in [1.165, 1.54) is 21.2 Å². The van der Waals surface area contributed by atoms with Gasteiger partial charge < -0.3 is 14.8 Å². The van der Waals surface area contributed by atoms with Gasteiger partial charge in [-0.05, 0) is 37.1 Å². The lowest BCUT2D eigenvalue weighted by molar-refractivity contribution is 0.122. The van der Waals surface area contributed by atoms with E-state index in [0.717, 1.165) is 25.3 Å². The van der Waals surface area contributed by atoms with E-state index in [4.69, 9.17) is 9.47 Å². The molecule has 1 unspecified atom stereocenters. The fourth-order valence-corrected chi connectivity index (χ4v) is 3.12. The van der Waals surface area contributed by atoms with Crippen LogP contribution in [0.15, 0.2) is 10.5 Å². The summed E-state index contributed by atoms with van der Waals surface area (Å²) in [6.07, 6.45) is 0.902. The highest BCUT2D eigenvalue weighted by Gasteiger charge is 2.25. The molecule has 0 bridgehead atoms. The monoisotopic (exact) mass is 313 g/mol. The molecule has 1 N–H and O–H groups in total. The maximum Gasteiger partial charge on any atom is 0.122 e. The van der Waals surface area contributed by atoms with E-state index >= 15 is 0 Å². The number of aryl methyl sites for hydroxylation is 1. The van der Waals surface area contributed by atoms with Crippen molar-refractivity contribution in [2.75, 3.05) is 26.9 Å². The molecule has 1 aliphatic heterocycles. The first-order chi connectivity index (χ1) is 8.69. The van der Waals surface area contributed by atoms with Crippen LogP contribution >= 0.6 is 15.9 Å². The Labute approximate surface area is 117 Å². The number of methoxy groups -OCH3 is 1. The lowest BCUT2D eigenvalue weighted by Crippen LogP contribution is -2.25. The van der Waals surface area contributed by atoms with Crippen molar-refractivity contribution in [2.24, 2.45) is 0 Å². The summed E-state index contributed by atoms with van der Waals surface area (Å²) >= 11 is 3.72. The van der Waals surface area contributed by atoms with Crippen molar-refractivity contribution in [3.63, 3.8) is 0 Å². The third-order valence-corrected chi connectivity index (χ3v) is 4.41. The molecule has 1 atom stereocenters. The SMILES string of the molecule is CCNC1COCCc2c(OC)cc(C)c(Br)c21. The van der Waals surface area contributed by atoms with Crippen molar-refractivity contribution >= 4 is 15.9 Å². The normalized spacial score (nSPS) is 19.2. The van der Waals surface area contributed by atoms with Crippen LogP contribution in [0.5, 0.6) is 5.75 Å². The van der Waals surface area contributed by atoms with Crippen LogP contribution < -0.4 is 10.1 Å². The molecule has 0 saturated carbocycles. The predicted octanol–water partition coefficient (Wildman–Crippen LogP) is 2.99. The number of benzene rings is 1. The van der Waals surface area contributed by atoms with Crippen molar-refractivity contribution in [1.82, 2.24) is 5.32 Å². The van der Waals surface area contributed by atoms with Gasteiger partial charge in [0.25, 0.3) is 0 Å². The first-order valence-corrected chi connectivity index (χ1v) is 7.15. The van der Waals surface area contributed by atoms with E-state index in [2.05, 4.69) is 41.2 Å². The summed E-state index contributed by atoms with van der Waals surface area (Å²) in [5.74, 6) is 0.971. The topological polar surface area (TPSA) is 30.5 Å². The molecule has 0 aromatic heterocycles. The fraction of sp³-hybridized carbons (Fsp3) is 0.571. The van der Waals surface area contributed by atoms with E-state index in [1.807, 2.05) is 0 Å². The first kappa shape index (κ1) is 13.8. The van der Waals surface area contributed by atoms with Crippen molar-refractivity contribution < 1.29 is 9.47 Å². The Balaban J connectivity index is 2.56. The van der Waals surface area contributed by atoms with Gasteiger partial charge in [-0.2, -0.15) is 0 Å². The zero-order chi connectivity index (χ0) is 13.1. The highest BCUT2D eigenvalue weighted by molar-refractivity contribution is 9.10. The van der Waals surface area contributed by atoms with Gasteiger partial charge in [-0.3, -0.25) is 0 Å². The van der Waals surface area contributed by atoms with Crippen LogP contribution in [0.25, 0.3) is 0 Å².